The minimum atomic E-state index is -0.318. The molecule has 0 atom stereocenters. The van der Waals surface area contributed by atoms with Gasteiger partial charge >= 0.3 is 0 Å². The first-order chi connectivity index (χ1) is 12.5. The van der Waals surface area contributed by atoms with Crippen LogP contribution in [0.25, 0.3) is 21.3 Å². The number of carbonyl (C=O) groups is 1. The zero-order valence-corrected chi connectivity index (χ0v) is 15.3. The first kappa shape index (κ1) is 16.4. The summed E-state index contributed by atoms with van der Waals surface area (Å²) >= 11 is 1.20. The number of hydrogen-bond donors (Lipinski definition) is 2. The Hall–Kier alpha value is -3.07. The van der Waals surface area contributed by atoms with E-state index >= 15 is 0 Å². The van der Waals surface area contributed by atoms with Gasteiger partial charge in [-0.25, -0.2) is 9.97 Å². The van der Waals surface area contributed by atoms with E-state index in [0.717, 1.165) is 11.1 Å². The molecule has 0 aliphatic heterocycles. The van der Waals surface area contributed by atoms with Crippen molar-refractivity contribution in [3.8, 4) is 0 Å². The minimum Gasteiger partial charge on any atom is -0.304 e. The molecule has 0 bridgehead atoms. The first-order valence-electron chi connectivity index (χ1n) is 8.11. The van der Waals surface area contributed by atoms with Crippen molar-refractivity contribution >= 4 is 44.3 Å². The molecule has 0 spiro atoms. The monoisotopic (exact) mass is 368 g/mol. The fourth-order valence-corrected chi connectivity index (χ4v) is 3.90. The molecule has 0 unspecified atom stereocenters. The average molecular weight is 368 g/mol. The predicted molar refractivity (Wildman–Crippen MR) is 101 cm³/mol. The number of amides is 1. The molecule has 0 aliphatic rings. The second kappa shape index (κ2) is 6.03. The Kier molecular flexibility index (Phi) is 3.80. The van der Waals surface area contributed by atoms with Gasteiger partial charge in [0.2, 0.25) is 0 Å². The second-order valence-corrected chi connectivity index (χ2v) is 6.95. The first-order valence-corrected chi connectivity index (χ1v) is 8.93. The topological polar surface area (TPSA) is 106 Å². The van der Waals surface area contributed by atoms with Gasteiger partial charge in [-0.2, -0.15) is 5.10 Å². The van der Waals surface area contributed by atoms with Crippen molar-refractivity contribution < 1.29 is 4.79 Å². The van der Waals surface area contributed by atoms with E-state index in [2.05, 4.69) is 25.5 Å². The molecule has 132 valence electrons. The SMILES string of the molecule is CCn1cnc2sc(C(=O)Nc3n[nH]c4nc(C)ccc34)c(C)c2c1=O. The number of H-pyrrole nitrogens is 1. The van der Waals surface area contributed by atoms with Crippen LogP contribution in [-0.4, -0.2) is 30.6 Å². The highest BCUT2D eigenvalue weighted by molar-refractivity contribution is 7.20. The number of hydrogen-bond acceptors (Lipinski definition) is 6. The van der Waals surface area contributed by atoms with E-state index < -0.39 is 0 Å². The molecule has 2 N–H and O–H groups in total. The molecule has 0 saturated heterocycles. The standard InChI is InChI=1S/C17H16N6O2S/c1-4-23-7-18-16-11(17(23)25)9(3)12(26-16)15(24)20-14-10-6-5-8(2)19-13(10)21-22-14/h5-7H,4H2,1-3H3,(H2,19,20,21,22,24). The fraction of sp³-hybridized carbons (Fsp3) is 0.235. The highest BCUT2D eigenvalue weighted by atomic mass is 32.1. The normalized spacial score (nSPS) is 11.3. The summed E-state index contributed by atoms with van der Waals surface area (Å²) in [4.78, 5) is 34.9. The van der Waals surface area contributed by atoms with E-state index in [9.17, 15) is 9.59 Å². The smallest absolute Gasteiger partial charge is 0.267 e. The molecule has 4 rings (SSSR count). The van der Waals surface area contributed by atoms with Crippen molar-refractivity contribution in [1.82, 2.24) is 24.7 Å². The highest BCUT2D eigenvalue weighted by Gasteiger charge is 2.20. The van der Waals surface area contributed by atoms with Crippen LogP contribution in [0.3, 0.4) is 0 Å². The number of aromatic amines is 1. The zero-order chi connectivity index (χ0) is 18.4. The fourth-order valence-electron chi connectivity index (χ4n) is 2.86. The van der Waals surface area contributed by atoms with E-state index in [1.165, 1.54) is 22.2 Å². The summed E-state index contributed by atoms with van der Waals surface area (Å²) in [6.07, 6.45) is 1.51. The summed E-state index contributed by atoms with van der Waals surface area (Å²) in [6.45, 7) is 6.06. The van der Waals surface area contributed by atoms with Gasteiger partial charge in [-0.3, -0.25) is 19.3 Å². The van der Waals surface area contributed by atoms with Crippen LogP contribution in [0.5, 0.6) is 0 Å². The number of aromatic nitrogens is 5. The van der Waals surface area contributed by atoms with Crippen molar-refractivity contribution in [2.75, 3.05) is 5.32 Å². The number of anilines is 1. The Bertz CT molecular complexity index is 1220. The van der Waals surface area contributed by atoms with Crippen LogP contribution in [0.2, 0.25) is 0 Å². The number of nitrogens with zero attached hydrogens (tertiary/aromatic N) is 4. The Labute approximate surface area is 151 Å². The third-order valence-electron chi connectivity index (χ3n) is 4.26. The summed E-state index contributed by atoms with van der Waals surface area (Å²) in [7, 11) is 0. The van der Waals surface area contributed by atoms with E-state index in [-0.39, 0.29) is 11.5 Å². The van der Waals surface area contributed by atoms with Crippen LogP contribution in [0.4, 0.5) is 5.82 Å². The van der Waals surface area contributed by atoms with Gasteiger partial charge in [0.15, 0.2) is 11.5 Å². The number of rotatable bonds is 3. The largest absolute Gasteiger partial charge is 0.304 e. The van der Waals surface area contributed by atoms with Gasteiger partial charge in [-0.05, 0) is 38.5 Å². The van der Waals surface area contributed by atoms with Gasteiger partial charge in [-0.15, -0.1) is 11.3 Å². The van der Waals surface area contributed by atoms with Gasteiger partial charge < -0.3 is 5.32 Å². The van der Waals surface area contributed by atoms with Crippen LogP contribution in [-0.2, 0) is 6.54 Å². The minimum absolute atomic E-state index is 0.129. The Morgan fingerprint density at radius 1 is 1.35 bits per heavy atom. The van der Waals surface area contributed by atoms with Crippen LogP contribution < -0.4 is 10.9 Å². The molecule has 4 aromatic heterocycles. The maximum absolute atomic E-state index is 12.8. The second-order valence-electron chi connectivity index (χ2n) is 5.95. The maximum atomic E-state index is 12.8. The van der Waals surface area contributed by atoms with E-state index in [4.69, 9.17) is 0 Å². The van der Waals surface area contributed by atoms with Gasteiger partial charge in [-0.1, -0.05) is 0 Å². The highest BCUT2D eigenvalue weighted by Crippen LogP contribution is 2.28. The van der Waals surface area contributed by atoms with Crippen LogP contribution in [0.1, 0.15) is 27.9 Å². The van der Waals surface area contributed by atoms with E-state index in [0.29, 0.717) is 38.7 Å². The Morgan fingerprint density at radius 2 is 2.15 bits per heavy atom. The summed E-state index contributed by atoms with van der Waals surface area (Å²) in [5.74, 6) is 0.0928. The molecule has 26 heavy (non-hydrogen) atoms. The lowest BCUT2D eigenvalue weighted by Gasteiger charge is -2.02. The number of nitrogens with one attached hydrogen (secondary N) is 2. The lowest BCUT2D eigenvalue weighted by Crippen LogP contribution is -2.19. The van der Waals surface area contributed by atoms with Gasteiger partial charge in [0.1, 0.15) is 4.83 Å². The number of carbonyl (C=O) groups excluding carboxylic acids is 1. The summed E-state index contributed by atoms with van der Waals surface area (Å²) in [5, 5.41) is 11.0. The molecule has 4 heterocycles. The molecule has 1 amide bonds. The molecule has 8 nitrogen and oxygen atoms in total. The van der Waals surface area contributed by atoms with Crippen molar-refractivity contribution in [3.63, 3.8) is 0 Å². The third kappa shape index (κ3) is 2.48. The van der Waals surface area contributed by atoms with Gasteiger partial charge in [0.05, 0.1) is 22.0 Å². The average Bonchev–Trinajstić information content (AvgIpc) is 3.16. The third-order valence-corrected chi connectivity index (χ3v) is 5.46. The molecular weight excluding hydrogens is 352 g/mol. The van der Waals surface area contributed by atoms with Crippen molar-refractivity contribution in [1.29, 1.82) is 0 Å². The van der Waals surface area contributed by atoms with Gasteiger partial charge in [0.25, 0.3) is 11.5 Å². The molecule has 9 heteroatoms. The molecule has 4 aromatic rings. The van der Waals surface area contributed by atoms with Crippen molar-refractivity contribution in [2.24, 2.45) is 0 Å². The number of aryl methyl sites for hydroxylation is 3. The number of thiophene rings is 1. The molecule has 0 fully saturated rings. The predicted octanol–water partition coefficient (Wildman–Crippen LogP) is 2.62. The van der Waals surface area contributed by atoms with Gasteiger partial charge in [0, 0.05) is 12.2 Å². The lowest BCUT2D eigenvalue weighted by atomic mass is 10.2. The van der Waals surface area contributed by atoms with E-state index in [1.54, 1.807) is 6.92 Å². The zero-order valence-electron chi connectivity index (χ0n) is 14.5. The molecule has 0 aliphatic carbocycles. The summed E-state index contributed by atoms with van der Waals surface area (Å²) < 4.78 is 1.53. The van der Waals surface area contributed by atoms with E-state index in [1.807, 2.05) is 26.0 Å². The van der Waals surface area contributed by atoms with Crippen LogP contribution in [0.15, 0.2) is 23.3 Å². The Morgan fingerprint density at radius 3 is 2.92 bits per heavy atom. The van der Waals surface area contributed by atoms with Crippen molar-refractivity contribution in [2.45, 2.75) is 27.3 Å². The molecule has 0 saturated carbocycles. The van der Waals surface area contributed by atoms with Crippen molar-refractivity contribution in [3.05, 3.63) is 44.9 Å². The summed E-state index contributed by atoms with van der Waals surface area (Å²) in [5.41, 5.74) is 1.98. The Balaban J connectivity index is 1.75. The molecule has 0 radical (unpaired) electrons. The molecular formula is C17H16N6O2S. The number of pyridine rings is 1. The quantitative estimate of drug-likeness (QED) is 0.578. The van der Waals surface area contributed by atoms with Crippen LogP contribution >= 0.6 is 11.3 Å². The number of fused-ring (bicyclic) bond motifs is 2. The molecule has 0 aromatic carbocycles. The lowest BCUT2D eigenvalue weighted by molar-refractivity contribution is 0.103. The van der Waals surface area contributed by atoms with Crippen LogP contribution in [0, 0.1) is 13.8 Å². The maximum Gasteiger partial charge on any atom is 0.267 e. The summed E-state index contributed by atoms with van der Waals surface area (Å²) in [6, 6.07) is 3.71.